The van der Waals surface area contributed by atoms with Crippen molar-refractivity contribution in [3.05, 3.63) is 100 Å². The number of β-lactam (4-membered cyclic amide) rings is 1. The van der Waals surface area contributed by atoms with E-state index in [4.69, 9.17) is 16.0 Å². The average molecular weight is 416 g/mol. The molecule has 4 aromatic rings. The maximum Gasteiger partial charge on any atom is 0.248 e. The summed E-state index contributed by atoms with van der Waals surface area (Å²) in [6.07, 6.45) is 0. The molecule has 0 spiro atoms. The van der Waals surface area contributed by atoms with Gasteiger partial charge in [0.15, 0.2) is 5.43 Å². The van der Waals surface area contributed by atoms with Crippen LogP contribution in [0.5, 0.6) is 0 Å². The molecule has 148 valence electrons. The van der Waals surface area contributed by atoms with Crippen molar-refractivity contribution in [2.75, 3.05) is 4.90 Å². The molecule has 0 bridgehead atoms. The molecule has 0 N–H and O–H groups in total. The van der Waals surface area contributed by atoms with Gasteiger partial charge < -0.3 is 9.32 Å². The summed E-state index contributed by atoms with van der Waals surface area (Å²) >= 11 is 6.34. The molecule has 1 amide bonds. The second kappa shape index (κ2) is 7.15. The Hall–Kier alpha value is -3.37. The van der Waals surface area contributed by atoms with Crippen molar-refractivity contribution in [2.45, 2.75) is 18.3 Å². The van der Waals surface area contributed by atoms with Crippen LogP contribution in [0.25, 0.3) is 22.3 Å². The first kappa shape index (κ1) is 18.6. The molecule has 1 saturated heterocycles. The highest BCUT2D eigenvalue weighted by Gasteiger charge is 2.47. The number of amides is 1. The molecule has 30 heavy (non-hydrogen) atoms. The number of nitrogens with zero attached hydrogens (tertiary/aromatic N) is 1. The Kier molecular flexibility index (Phi) is 4.44. The smallest absolute Gasteiger partial charge is 0.248 e. The summed E-state index contributed by atoms with van der Waals surface area (Å²) < 4.78 is 5.91. The SMILES string of the molecule is Cc1ccc(C2C(Cl)C(=O)N2c2ccc(-c3cc(=O)c4ccccc4o3)cc2)cc1. The Morgan fingerprint density at radius 2 is 1.60 bits per heavy atom. The van der Waals surface area contributed by atoms with Crippen LogP contribution in [0.4, 0.5) is 5.69 Å². The van der Waals surface area contributed by atoms with E-state index < -0.39 is 5.38 Å². The lowest BCUT2D eigenvalue weighted by Crippen LogP contribution is -2.56. The fraction of sp³-hybridized carbons (Fsp3) is 0.120. The highest BCUT2D eigenvalue weighted by molar-refractivity contribution is 6.37. The number of fused-ring (bicyclic) bond motifs is 1. The zero-order valence-corrected chi connectivity index (χ0v) is 17.0. The van der Waals surface area contributed by atoms with E-state index in [1.165, 1.54) is 6.07 Å². The minimum absolute atomic E-state index is 0.0849. The molecule has 2 unspecified atom stereocenters. The number of carbonyl (C=O) groups is 1. The van der Waals surface area contributed by atoms with Gasteiger partial charge in [-0.15, -0.1) is 11.6 Å². The van der Waals surface area contributed by atoms with Crippen LogP contribution in [0, 0.1) is 6.92 Å². The number of hydrogen-bond acceptors (Lipinski definition) is 3. The van der Waals surface area contributed by atoms with Crippen LogP contribution < -0.4 is 10.3 Å². The minimum atomic E-state index is -0.578. The first-order valence-corrected chi connectivity index (χ1v) is 10.1. The Morgan fingerprint density at radius 3 is 2.33 bits per heavy atom. The molecule has 4 nitrogen and oxygen atoms in total. The van der Waals surface area contributed by atoms with E-state index in [0.29, 0.717) is 16.7 Å². The predicted octanol–water partition coefficient (Wildman–Crippen LogP) is 5.46. The maximum atomic E-state index is 12.5. The summed E-state index contributed by atoms with van der Waals surface area (Å²) in [5.74, 6) is 0.373. The van der Waals surface area contributed by atoms with Gasteiger partial charge in [0.1, 0.15) is 16.7 Å². The number of rotatable bonds is 3. The zero-order chi connectivity index (χ0) is 20.8. The number of alkyl halides is 1. The molecule has 0 saturated carbocycles. The largest absolute Gasteiger partial charge is 0.456 e. The zero-order valence-electron chi connectivity index (χ0n) is 16.2. The van der Waals surface area contributed by atoms with Crippen molar-refractivity contribution in [1.82, 2.24) is 0 Å². The van der Waals surface area contributed by atoms with E-state index in [1.54, 1.807) is 17.0 Å². The molecule has 5 heteroatoms. The second-order valence-electron chi connectivity index (χ2n) is 7.48. The van der Waals surface area contributed by atoms with Crippen LogP contribution in [0.15, 0.2) is 88.1 Å². The van der Waals surface area contributed by atoms with Gasteiger partial charge in [-0.3, -0.25) is 9.59 Å². The van der Waals surface area contributed by atoms with Gasteiger partial charge in [-0.1, -0.05) is 42.0 Å². The molecule has 1 aliphatic rings. The fourth-order valence-electron chi connectivity index (χ4n) is 3.86. The van der Waals surface area contributed by atoms with Gasteiger partial charge in [-0.25, -0.2) is 0 Å². The third kappa shape index (κ3) is 3.01. The van der Waals surface area contributed by atoms with E-state index in [0.717, 1.165) is 22.4 Å². The third-order valence-electron chi connectivity index (χ3n) is 5.51. The molecule has 3 aromatic carbocycles. The summed E-state index contributed by atoms with van der Waals surface area (Å²) in [6, 6.07) is 23.9. The van der Waals surface area contributed by atoms with Crippen LogP contribution in [-0.2, 0) is 4.79 Å². The lowest BCUT2D eigenvalue weighted by Gasteiger charge is -2.44. The molecule has 2 atom stereocenters. The van der Waals surface area contributed by atoms with Crippen molar-refractivity contribution in [2.24, 2.45) is 0 Å². The summed E-state index contributed by atoms with van der Waals surface area (Å²) in [5, 5.41) is -0.0240. The molecule has 5 rings (SSSR count). The second-order valence-corrected chi connectivity index (χ2v) is 7.95. The van der Waals surface area contributed by atoms with Crippen molar-refractivity contribution in [1.29, 1.82) is 0 Å². The van der Waals surface area contributed by atoms with Gasteiger partial charge in [-0.05, 0) is 48.9 Å². The molecule has 2 heterocycles. The predicted molar refractivity (Wildman–Crippen MR) is 119 cm³/mol. The van der Waals surface area contributed by atoms with Crippen LogP contribution in [0.1, 0.15) is 17.2 Å². The number of halogens is 1. The number of anilines is 1. The first-order chi connectivity index (χ1) is 14.5. The monoisotopic (exact) mass is 415 g/mol. The number of carbonyl (C=O) groups excluding carboxylic acids is 1. The molecule has 1 fully saturated rings. The molecule has 1 aromatic heterocycles. The topological polar surface area (TPSA) is 50.5 Å². The summed E-state index contributed by atoms with van der Waals surface area (Å²) in [6.45, 7) is 2.02. The van der Waals surface area contributed by atoms with Gasteiger partial charge in [0.2, 0.25) is 5.91 Å². The minimum Gasteiger partial charge on any atom is -0.456 e. The average Bonchev–Trinajstić information content (AvgIpc) is 2.78. The first-order valence-electron chi connectivity index (χ1n) is 9.70. The highest BCUT2D eigenvalue weighted by atomic mass is 35.5. The standard InChI is InChI=1S/C25H18ClNO3/c1-15-6-8-17(9-7-15)24-23(26)25(29)27(24)18-12-10-16(11-13-18)22-14-20(28)19-4-2-3-5-21(19)30-22/h2-14,23-24H,1H3. The Bertz CT molecular complexity index is 1310. The number of hydrogen-bond donors (Lipinski definition) is 0. The Morgan fingerprint density at radius 1 is 0.900 bits per heavy atom. The van der Waals surface area contributed by atoms with Crippen molar-refractivity contribution in [3.63, 3.8) is 0 Å². The van der Waals surface area contributed by atoms with Gasteiger partial charge in [0.25, 0.3) is 0 Å². The van der Waals surface area contributed by atoms with Gasteiger partial charge in [0.05, 0.1) is 11.4 Å². The molecule has 0 aliphatic carbocycles. The lowest BCUT2D eigenvalue weighted by atomic mass is 9.91. The van der Waals surface area contributed by atoms with E-state index >= 15 is 0 Å². The molecular formula is C25H18ClNO3. The van der Waals surface area contributed by atoms with Crippen molar-refractivity contribution >= 4 is 34.2 Å². The third-order valence-corrected chi connectivity index (χ3v) is 5.94. The number of aryl methyl sites for hydroxylation is 1. The molecule has 0 radical (unpaired) electrons. The van der Waals surface area contributed by atoms with Gasteiger partial charge in [-0.2, -0.15) is 0 Å². The van der Waals surface area contributed by atoms with Crippen LogP contribution in [-0.4, -0.2) is 11.3 Å². The summed E-state index contributed by atoms with van der Waals surface area (Å²) in [7, 11) is 0. The van der Waals surface area contributed by atoms with E-state index in [2.05, 4.69) is 0 Å². The highest BCUT2D eigenvalue weighted by Crippen LogP contribution is 2.42. The van der Waals surface area contributed by atoms with Gasteiger partial charge in [0, 0.05) is 17.3 Å². The molecule has 1 aliphatic heterocycles. The normalized spacial score (nSPS) is 18.5. The van der Waals surface area contributed by atoms with E-state index in [9.17, 15) is 9.59 Å². The van der Waals surface area contributed by atoms with Crippen LogP contribution in [0.2, 0.25) is 0 Å². The lowest BCUT2D eigenvalue weighted by molar-refractivity contribution is -0.123. The van der Waals surface area contributed by atoms with Crippen molar-refractivity contribution in [3.8, 4) is 11.3 Å². The van der Waals surface area contributed by atoms with E-state index in [-0.39, 0.29) is 17.4 Å². The maximum absolute atomic E-state index is 12.5. The fourth-order valence-corrected chi connectivity index (χ4v) is 4.22. The van der Waals surface area contributed by atoms with Crippen molar-refractivity contribution < 1.29 is 9.21 Å². The van der Waals surface area contributed by atoms with E-state index in [1.807, 2.05) is 67.6 Å². The molecular weight excluding hydrogens is 398 g/mol. The van der Waals surface area contributed by atoms with Crippen LogP contribution in [0.3, 0.4) is 0 Å². The van der Waals surface area contributed by atoms with Gasteiger partial charge >= 0.3 is 0 Å². The number of benzene rings is 3. The Balaban J connectivity index is 1.48. The summed E-state index contributed by atoms with van der Waals surface area (Å²) in [5.41, 5.74) is 4.15. The summed E-state index contributed by atoms with van der Waals surface area (Å²) in [4.78, 5) is 26.6. The number of para-hydroxylation sites is 1. The Labute approximate surface area is 178 Å². The quantitative estimate of drug-likeness (QED) is 0.329. The van der Waals surface area contributed by atoms with Crippen LogP contribution >= 0.6 is 11.6 Å².